The molecule has 1 aromatic heterocycles. The van der Waals surface area contributed by atoms with Crippen molar-refractivity contribution < 1.29 is 9.47 Å². The fourth-order valence-electron chi connectivity index (χ4n) is 1.86. The van der Waals surface area contributed by atoms with E-state index in [0.717, 1.165) is 22.3 Å². The van der Waals surface area contributed by atoms with Gasteiger partial charge in [0.1, 0.15) is 11.9 Å². The van der Waals surface area contributed by atoms with Crippen LogP contribution in [0.15, 0.2) is 30.3 Å². The minimum absolute atomic E-state index is 0.159. The van der Waals surface area contributed by atoms with Gasteiger partial charge in [-0.15, -0.1) is 0 Å². The lowest BCUT2D eigenvalue weighted by Crippen LogP contribution is -2.38. The Morgan fingerprint density at radius 3 is 2.88 bits per heavy atom. The molecular formula is C13H14N2O2. The number of ether oxygens (including phenoxy) is 2. The van der Waals surface area contributed by atoms with Crippen molar-refractivity contribution in [2.75, 3.05) is 13.2 Å². The average molecular weight is 230 g/mol. The van der Waals surface area contributed by atoms with E-state index in [2.05, 4.69) is 4.98 Å². The number of nitrogens with zero attached hydrogens (tertiary/aromatic N) is 1. The molecule has 0 bridgehead atoms. The van der Waals surface area contributed by atoms with E-state index in [0.29, 0.717) is 19.8 Å². The molecular weight excluding hydrogens is 216 g/mol. The maximum absolute atomic E-state index is 5.89. The van der Waals surface area contributed by atoms with E-state index in [1.165, 1.54) is 0 Å². The normalized spacial score (nSPS) is 15.8. The molecule has 0 radical (unpaired) electrons. The van der Waals surface area contributed by atoms with Crippen LogP contribution in [-0.2, 0) is 11.3 Å². The molecule has 17 heavy (non-hydrogen) atoms. The third-order valence-electron chi connectivity index (χ3n) is 2.84. The summed E-state index contributed by atoms with van der Waals surface area (Å²) in [6, 6.07) is 9.85. The largest absolute Gasteiger partial charge is 0.485 e. The van der Waals surface area contributed by atoms with Crippen LogP contribution in [0.25, 0.3) is 10.9 Å². The Morgan fingerprint density at radius 2 is 2.18 bits per heavy atom. The highest BCUT2D eigenvalue weighted by Crippen LogP contribution is 2.27. The highest BCUT2D eigenvalue weighted by molar-refractivity contribution is 5.85. The molecule has 1 fully saturated rings. The van der Waals surface area contributed by atoms with E-state index in [9.17, 15) is 0 Å². The van der Waals surface area contributed by atoms with Gasteiger partial charge in [0.25, 0.3) is 0 Å². The van der Waals surface area contributed by atoms with Crippen LogP contribution in [0.3, 0.4) is 0 Å². The molecule has 1 aliphatic rings. The molecule has 0 spiro atoms. The quantitative estimate of drug-likeness (QED) is 0.867. The SMILES string of the molecule is NCc1cc(OC2COC2)c2ccccc2n1. The lowest BCUT2D eigenvalue weighted by molar-refractivity contribution is -0.0791. The van der Waals surface area contributed by atoms with E-state index in [-0.39, 0.29) is 6.10 Å². The van der Waals surface area contributed by atoms with Crippen molar-refractivity contribution in [1.29, 1.82) is 0 Å². The third kappa shape index (κ3) is 1.97. The van der Waals surface area contributed by atoms with Crippen LogP contribution >= 0.6 is 0 Å². The number of fused-ring (bicyclic) bond motifs is 1. The Bertz CT molecular complexity index is 538. The first-order valence-electron chi connectivity index (χ1n) is 5.70. The van der Waals surface area contributed by atoms with Gasteiger partial charge >= 0.3 is 0 Å². The van der Waals surface area contributed by atoms with Gasteiger partial charge in [-0.3, -0.25) is 4.98 Å². The molecule has 0 amide bonds. The molecule has 1 saturated heterocycles. The van der Waals surface area contributed by atoms with E-state index < -0.39 is 0 Å². The van der Waals surface area contributed by atoms with Gasteiger partial charge in [-0.1, -0.05) is 12.1 Å². The minimum atomic E-state index is 0.159. The van der Waals surface area contributed by atoms with Gasteiger partial charge in [-0.05, 0) is 12.1 Å². The molecule has 88 valence electrons. The van der Waals surface area contributed by atoms with Gasteiger partial charge in [-0.25, -0.2) is 0 Å². The number of benzene rings is 1. The Balaban J connectivity index is 2.05. The molecule has 4 nitrogen and oxygen atoms in total. The second kappa shape index (κ2) is 4.31. The Kier molecular flexibility index (Phi) is 2.66. The summed E-state index contributed by atoms with van der Waals surface area (Å²) < 4.78 is 11.0. The van der Waals surface area contributed by atoms with Gasteiger partial charge in [-0.2, -0.15) is 0 Å². The van der Waals surface area contributed by atoms with E-state index in [4.69, 9.17) is 15.2 Å². The first kappa shape index (κ1) is 10.5. The van der Waals surface area contributed by atoms with Crippen molar-refractivity contribution in [3.05, 3.63) is 36.0 Å². The second-order valence-corrected chi connectivity index (χ2v) is 4.11. The van der Waals surface area contributed by atoms with Crippen LogP contribution in [0.4, 0.5) is 0 Å². The van der Waals surface area contributed by atoms with E-state index in [1.54, 1.807) is 0 Å². The molecule has 1 aliphatic heterocycles. The van der Waals surface area contributed by atoms with Crippen LogP contribution in [-0.4, -0.2) is 24.3 Å². The van der Waals surface area contributed by atoms with Crippen LogP contribution in [0.5, 0.6) is 5.75 Å². The Morgan fingerprint density at radius 1 is 1.35 bits per heavy atom. The topological polar surface area (TPSA) is 57.4 Å². The van der Waals surface area contributed by atoms with Crippen molar-refractivity contribution in [1.82, 2.24) is 4.98 Å². The predicted octanol–water partition coefficient (Wildman–Crippen LogP) is 1.47. The molecule has 0 saturated carbocycles. The summed E-state index contributed by atoms with van der Waals surface area (Å²) in [5.41, 5.74) is 7.41. The summed E-state index contributed by atoms with van der Waals surface area (Å²) in [7, 11) is 0. The number of hydrogen-bond acceptors (Lipinski definition) is 4. The number of aromatic nitrogens is 1. The summed E-state index contributed by atoms with van der Waals surface area (Å²) in [5, 5.41) is 1.02. The zero-order valence-corrected chi connectivity index (χ0v) is 9.43. The molecule has 0 aliphatic carbocycles. The van der Waals surface area contributed by atoms with Crippen molar-refractivity contribution >= 4 is 10.9 Å². The van der Waals surface area contributed by atoms with Crippen LogP contribution in [0.1, 0.15) is 5.69 Å². The first-order chi connectivity index (χ1) is 8.36. The predicted molar refractivity (Wildman–Crippen MR) is 64.9 cm³/mol. The molecule has 0 atom stereocenters. The van der Waals surface area contributed by atoms with E-state index >= 15 is 0 Å². The fraction of sp³-hybridized carbons (Fsp3) is 0.308. The number of pyridine rings is 1. The molecule has 2 heterocycles. The molecule has 3 rings (SSSR count). The molecule has 4 heteroatoms. The molecule has 2 aromatic rings. The van der Waals surface area contributed by atoms with Crippen LogP contribution in [0, 0.1) is 0 Å². The third-order valence-corrected chi connectivity index (χ3v) is 2.84. The number of hydrogen-bond donors (Lipinski definition) is 1. The van der Waals surface area contributed by atoms with Crippen LogP contribution in [0.2, 0.25) is 0 Å². The summed E-state index contributed by atoms with van der Waals surface area (Å²) in [6.45, 7) is 1.74. The maximum Gasteiger partial charge on any atom is 0.145 e. The number of para-hydroxylation sites is 1. The highest BCUT2D eigenvalue weighted by atomic mass is 16.6. The average Bonchev–Trinajstić information content (AvgIpc) is 2.33. The second-order valence-electron chi connectivity index (χ2n) is 4.11. The van der Waals surface area contributed by atoms with Gasteiger partial charge in [0.05, 0.1) is 24.4 Å². The van der Waals surface area contributed by atoms with Gasteiger partial charge in [0, 0.05) is 18.0 Å². The summed E-state index contributed by atoms with van der Waals surface area (Å²) in [4.78, 5) is 4.47. The summed E-state index contributed by atoms with van der Waals surface area (Å²) >= 11 is 0. The van der Waals surface area contributed by atoms with Gasteiger partial charge < -0.3 is 15.2 Å². The fourth-order valence-corrected chi connectivity index (χ4v) is 1.86. The zero-order chi connectivity index (χ0) is 11.7. The highest BCUT2D eigenvalue weighted by Gasteiger charge is 2.21. The zero-order valence-electron chi connectivity index (χ0n) is 9.43. The Labute approximate surface area is 99.4 Å². The molecule has 2 N–H and O–H groups in total. The monoisotopic (exact) mass is 230 g/mol. The van der Waals surface area contributed by atoms with Crippen molar-refractivity contribution in [2.24, 2.45) is 5.73 Å². The molecule has 1 aromatic carbocycles. The molecule has 0 unspecified atom stereocenters. The first-order valence-corrected chi connectivity index (χ1v) is 5.70. The minimum Gasteiger partial charge on any atom is -0.485 e. The van der Waals surface area contributed by atoms with E-state index in [1.807, 2.05) is 30.3 Å². The number of nitrogens with two attached hydrogens (primary N) is 1. The number of rotatable bonds is 3. The van der Waals surface area contributed by atoms with Crippen LogP contribution < -0.4 is 10.5 Å². The summed E-state index contributed by atoms with van der Waals surface area (Å²) in [5.74, 6) is 0.851. The van der Waals surface area contributed by atoms with Gasteiger partial charge in [0.2, 0.25) is 0 Å². The van der Waals surface area contributed by atoms with Gasteiger partial charge in [0.15, 0.2) is 0 Å². The standard InChI is InChI=1S/C13H14N2O2/c14-6-9-5-13(17-10-7-16-8-10)11-3-1-2-4-12(11)15-9/h1-5,10H,6-8,14H2. The lowest BCUT2D eigenvalue weighted by Gasteiger charge is -2.27. The summed E-state index contributed by atoms with van der Waals surface area (Å²) in [6.07, 6.45) is 0.159. The maximum atomic E-state index is 5.89. The Hall–Kier alpha value is -1.65. The smallest absolute Gasteiger partial charge is 0.145 e. The lowest BCUT2D eigenvalue weighted by atomic mass is 10.1. The van der Waals surface area contributed by atoms with Crippen molar-refractivity contribution in [3.63, 3.8) is 0 Å². The van der Waals surface area contributed by atoms with Crippen molar-refractivity contribution in [3.8, 4) is 5.75 Å². The van der Waals surface area contributed by atoms with Crippen molar-refractivity contribution in [2.45, 2.75) is 12.6 Å².